The van der Waals surface area contributed by atoms with Crippen LogP contribution >= 0.6 is 0 Å². The number of rotatable bonds is 5. The standard InChI is InChI=1S/C15H23NO3/c1-10(2)9-11(3)16(4)15(18)12-7-6-8-13(19-5)14(12)17/h6-8,10-11,17H,9H2,1-5H3. The molecule has 4 nitrogen and oxygen atoms in total. The molecule has 0 heterocycles. The number of aromatic hydroxyl groups is 1. The van der Waals surface area contributed by atoms with Crippen LogP contribution in [0.4, 0.5) is 0 Å². The quantitative estimate of drug-likeness (QED) is 0.890. The Morgan fingerprint density at radius 2 is 2.00 bits per heavy atom. The Labute approximate surface area is 115 Å². The number of amides is 1. The maximum Gasteiger partial charge on any atom is 0.257 e. The fourth-order valence-corrected chi connectivity index (χ4v) is 2.09. The molecule has 0 fully saturated rings. The van der Waals surface area contributed by atoms with E-state index in [9.17, 15) is 9.90 Å². The molecule has 4 heteroatoms. The van der Waals surface area contributed by atoms with Gasteiger partial charge in [-0.2, -0.15) is 0 Å². The van der Waals surface area contributed by atoms with Crippen LogP contribution < -0.4 is 4.74 Å². The zero-order valence-electron chi connectivity index (χ0n) is 12.3. The topological polar surface area (TPSA) is 49.8 Å². The predicted octanol–water partition coefficient (Wildman–Crippen LogP) is 2.91. The van der Waals surface area contributed by atoms with Gasteiger partial charge in [0.25, 0.3) is 5.91 Å². The largest absolute Gasteiger partial charge is 0.504 e. The fourth-order valence-electron chi connectivity index (χ4n) is 2.09. The first-order valence-corrected chi connectivity index (χ1v) is 6.51. The first-order chi connectivity index (χ1) is 8.88. The second-order valence-corrected chi connectivity index (χ2v) is 5.25. The monoisotopic (exact) mass is 265 g/mol. The van der Waals surface area contributed by atoms with Gasteiger partial charge in [-0.05, 0) is 31.4 Å². The number of carbonyl (C=O) groups is 1. The summed E-state index contributed by atoms with van der Waals surface area (Å²) in [5, 5.41) is 10.00. The summed E-state index contributed by atoms with van der Waals surface area (Å²) in [6.45, 7) is 6.25. The average molecular weight is 265 g/mol. The van der Waals surface area contributed by atoms with Crippen LogP contribution in [0.3, 0.4) is 0 Å². The summed E-state index contributed by atoms with van der Waals surface area (Å²) in [6.07, 6.45) is 0.924. The summed E-state index contributed by atoms with van der Waals surface area (Å²) in [5.74, 6) is 0.545. The molecule has 0 saturated carbocycles. The summed E-state index contributed by atoms with van der Waals surface area (Å²) < 4.78 is 5.02. The lowest BCUT2D eigenvalue weighted by Crippen LogP contribution is -2.35. The van der Waals surface area contributed by atoms with Crippen LogP contribution in [0.25, 0.3) is 0 Å². The summed E-state index contributed by atoms with van der Waals surface area (Å²) in [4.78, 5) is 14.0. The zero-order valence-corrected chi connectivity index (χ0v) is 12.3. The number of nitrogens with zero attached hydrogens (tertiary/aromatic N) is 1. The third-order valence-electron chi connectivity index (χ3n) is 3.24. The van der Waals surface area contributed by atoms with Crippen LogP contribution in [0.2, 0.25) is 0 Å². The second-order valence-electron chi connectivity index (χ2n) is 5.25. The minimum Gasteiger partial charge on any atom is -0.504 e. The van der Waals surface area contributed by atoms with Crippen molar-refractivity contribution in [1.82, 2.24) is 4.90 Å². The summed E-state index contributed by atoms with van der Waals surface area (Å²) in [5.41, 5.74) is 0.275. The van der Waals surface area contributed by atoms with Gasteiger partial charge in [0.15, 0.2) is 11.5 Å². The van der Waals surface area contributed by atoms with E-state index in [1.54, 1.807) is 30.1 Å². The van der Waals surface area contributed by atoms with Gasteiger partial charge in [-0.3, -0.25) is 4.79 Å². The van der Waals surface area contributed by atoms with Crippen LogP contribution in [-0.2, 0) is 0 Å². The van der Waals surface area contributed by atoms with Gasteiger partial charge in [0, 0.05) is 13.1 Å². The van der Waals surface area contributed by atoms with Gasteiger partial charge in [0.2, 0.25) is 0 Å². The van der Waals surface area contributed by atoms with Crippen LogP contribution in [-0.4, -0.2) is 36.1 Å². The van der Waals surface area contributed by atoms with Gasteiger partial charge in [0.1, 0.15) is 0 Å². The molecule has 0 saturated heterocycles. The van der Waals surface area contributed by atoms with Crippen molar-refractivity contribution >= 4 is 5.91 Å². The maximum absolute atomic E-state index is 12.4. The number of ether oxygens (including phenoxy) is 1. The van der Waals surface area contributed by atoms with Crippen molar-refractivity contribution in [3.05, 3.63) is 23.8 Å². The molecule has 1 unspecified atom stereocenters. The van der Waals surface area contributed by atoms with E-state index < -0.39 is 0 Å². The van der Waals surface area contributed by atoms with Crippen molar-refractivity contribution in [1.29, 1.82) is 0 Å². The zero-order chi connectivity index (χ0) is 14.6. The van der Waals surface area contributed by atoms with Crippen molar-refractivity contribution in [2.75, 3.05) is 14.2 Å². The molecule has 19 heavy (non-hydrogen) atoms. The maximum atomic E-state index is 12.4. The molecule has 0 bridgehead atoms. The number of carbonyl (C=O) groups excluding carboxylic acids is 1. The molecule has 0 aliphatic heterocycles. The second kappa shape index (κ2) is 6.45. The normalized spacial score (nSPS) is 12.3. The van der Waals surface area contributed by atoms with Gasteiger partial charge in [-0.15, -0.1) is 0 Å². The van der Waals surface area contributed by atoms with E-state index in [4.69, 9.17) is 4.74 Å². The Hall–Kier alpha value is -1.71. The van der Waals surface area contributed by atoms with Crippen molar-refractivity contribution < 1.29 is 14.6 Å². The molecular formula is C15H23NO3. The number of para-hydroxylation sites is 1. The van der Waals surface area contributed by atoms with E-state index in [1.165, 1.54) is 7.11 Å². The minimum absolute atomic E-state index is 0.0985. The Bertz CT molecular complexity index is 443. The van der Waals surface area contributed by atoms with E-state index in [2.05, 4.69) is 13.8 Å². The van der Waals surface area contributed by atoms with Crippen LogP contribution in [0, 0.1) is 5.92 Å². The number of hydrogen-bond donors (Lipinski definition) is 1. The molecule has 1 rings (SSSR count). The molecule has 106 valence electrons. The molecule has 1 atom stereocenters. The van der Waals surface area contributed by atoms with Crippen molar-refractivity contribution in [3.8, 4) is 11.5 Å². The number of methoxy groups -OCH3 is 1. The van der Waals surface area contributed by atoms with Crippen LogP contribution in [0.15, 0.2) is 18.2 Å². The molecule has 0 spiro atoms. The lowest BCUT2D eigenvalue weighted by molar-refractivity contribution is 0.0724. The van der Waals surface area contributed by atoms with E-state index in [0.717, 1.165) is 6.42 Å². The molecule has 0 aromatic heterocycles. The lowest BCUT2D eigenvalue weighted by Gasteiger charge is -2.26. The molecule has 0 aliphatic carbocycles. The Kier molecular flexibility index (Phi) is 5.21. The van der Waals surface area contributed by atoms with Gasteiger partial charge in [-0.1, -0.05) is 19.9 Å². The van der Waals surface area contributed by atoms with Crippen molar-refractivity contribution in [2.24, 2.45) is 5.92 Å². The number of benzene rings is 1. The van der Waals surface area contributed by atoms with Crippen molar-refractivity contribution in [3.63, 3.8) is 0 Å². The van der Waals surface area contributed by atoms with Gasteiger partial charge in [-0.25, -0.2) is 0 Å². The summed E-state index contributed by atoms with van der Waals surface area (Å²) in [7, 11) is 3.22. The smallest absolute Gasteiger partial charge is 0.257 e. The van der Waals surface area contributed by atoms with Gasteiger partial charge < -0.3 is 14.7 Å². The lowest BCUT2D eigenvalue weighted by atomic mass is 10.0. The number of hydrogen-bond acceptors (Lipinski definition) is 3. The minimum atomic E-state index is -0.190. The third-order valence-corrected chi connectivity index (χ3v) is 3.24. The van der Waals surface area contributed by atoms with Crippen LogP contribution in [0.5, 0.6) is 11.5 Å². The van der Waals surface area contributed by atoms with E-state index in [0.29, 0.717) is 11.7 Å². The molecule has 1 amide bonds. The Morgan fingerprint density at radius 1 is 1.37 bits per heavy atom. The number of phenols is 1. The molecule has 1 aromatic carbocycles. The first kappa shape index (κ1) is 15.3. The van der Waals surface area contributed by atoms with Gasteiger partial charge in [0.05, 0.1) is 12.7 Å². The Morgan fingerprint density at radius 3 is 2.53 bits per heavy atom. The first-order valence-electron chi connectivity index (χ1n) is 6.51. The highest BCUT2D eigenvalue weighted by atomic mass is 16.5. The Balaban J connectivity index is 2.94. The third kappa shape index (κ3) is 3.63. The van der Waals surface area contributed by atoms with Crippen molar-refractivity contribution in [2.45, 2.75) is 33.2 Å². The van der Waals surface area contributed by atoms with E-state index in [-0.39, 0.29) is 23.3 Å². The highest BCUT2D eigenvalue weighted by Crippen LogP contribution is 2.30. The summed E-state index contributed by atoms with van der Waals surface area (Å²) >= 11 is 0. The summed E-state index contributed by atoms with van der Waals surface area (Å²) in [6, 6.07) is 5.06. The van der Waals surface area contributed by atoms with E-state index >= 15 is 0 Å². The molecule has 0 aliphatic rings. The SMILES string of the molecule is COc1cccc(C(=O)N(C)C(C)CC(C)C)c1O. The van der Waals surface area contributed by atoms with Gasteiger partial charge >= 0.3 is 0 Å². The van der Waals surface area contributed by atoms with Crippen LogP contribution in [0.1, 0.15) is 37.6 Å². The van der Waals surface area contributed by atoms with E-state index in [1.807, 2.05) is 6.92 Å². The predicted molar refractivity (Wildman–Crippen MR) is 75.7 cm³/mol. The number of phenolic OH excluding ortho intramolecular Hbond substituents is 1. The molecule has 1 aromatic rings. The highest BCUT2D eigenvalue weighted by molar-refractivity contribution is 5.97. The highest BCUT2D eigenvalue weighted by Gasteiger charge is 2.22. The molecule has 1 N–H and O–H groups in total. The fraction of sp³-hybridized carbons (Fsp3) is 0.533. The molecular weight excluding hydrogens is 242 g/mol. The molecule has 0 radical (unpaired) electrons. The average Bonchev–Trinajstić information content (AvgIpc) is 2.36.